The van der Waals surface area contributed by atoms with Gasteiger partial charge in [0.25, 0.3) is 0 Å². The molecule has 0 fully saturated rings. The van der Waals surface area contributed by atoms with Gasteiger partial charge in [0, 0.05) is 6.42 Å². The van der Waals surface area contributed by atoms with Crippen LogP contribution in [-0.2, 0) is 6.42 Å². The van der Waals surface area contributed by atoms with E-state index in [1.54, 1.807) is 0 Å². The molecule has 0 aliphatic rings. The van der Waals surface area contributed by atoms with Gasteiger partial charge in [0.1, 0.15) is 5.82 Å². The standard InChI is InChI=1S/C12H14FN/c1-9(2)12-6-5-11(13)8-10(12)4-3-7-14/h5-6,8-9H,3-4H2,1-2H3. The van der Waals surface area contributed by atoms with Gasteiger partial charge in [-0.15, -0.1) is 0 Å². The zero-order chi connectivity index (χ0) is 10.6. The molecule has 2 heteroatoms. The normalized spacial score (nSPS) is 10.2. The Balaban J connectivity index is 2.98. The van der Waals surface area contributed by atoms with Crippen LogP contribution in [0.1, 0.15) is 37.3 Å². The first kappa shape index (κ1) is 10.7. The minimum atomic E-state index is -0.220. The Bertz CT molecular complexity index is 350. The molecule has 0 unspecified atom stereocenters. The molecule has 0 saturated carbocycles. The maximum absolute atomic E-state index is 13.0. The van der Waals surface area contributed by atoms with Gasteiger partial charge in [0.2, 0.25) is 0 Å². The summed E-state index contributed by atoms with van der Waals surface area (Å²) in [6.45, 7) is 4.15. The monoisotopic (exact) mass is 191 g/mol. The largest absolute Gasteiger partial charge is 0.207 e. The summed E-state index contributed by atoms with van der Waals surface area (Å²) in [7, 11) is 0. The highest BCUT2D eigenvalue weighted by Crippen LogP contribution is 2.21. The molecule has 1 aromatic carbocycles. The second kappa shape index (κ2) is 4.76. The van der Waals surface area contributed by atoms with Crippen LogP contribution in [0.3, 0.4) is 0 Å². The lowest BCUT2D eigenvalue weighted by atomic mass is 9.94. The topological polar surface area (TPSA) is 23.8 Å². The Morgan fingerprint density at radius 3 is 2.71 bits per heavy atom. The molecule has 1 rings (SSSR count). The summed E-state index contributed by atoms with van der Waals surface area (Å²) in [6.07, 6.45) is 1.09. The summed E-state index contributed by atoms with van der Waals surface area (Å²) in [6, 6.07) is 6.90. The molecule has 0 saturated heterocycles. The first-order chi connectivity index (χ1) is 6.65. The quantitative estimate of drug-likeness (QED) is 0.718. The first-order valence-electron chi connectivity index (χ1n) is 4.80. The predicted molar refractivity (Wildman–Crippen MR) is 54.4 cm³/mol. The molecule has 0 radical (unpaired) electrons. The van der Waals surface area contributed by atoms with E-state index in [9.17, 15) is 4.39 Å². The zero-order valence-electron chi connectivity index (χ0n) is 8.55. The second-order valence-electron chi connectivity index (χ2n) is 3.66. The fraction of sp³-hybridized carbons (Fsp3) is 0.417. The number of hydrogen-bond donors (Lipinski definition) is 0. The summed E-state index contributed by atoms with van der Waals surface area (Å²) in [5.74, 6) is 0.159. The van der Waals surface area contributed by atoms with Gasteiger partial charge in [-0.25, -0.2) is 4.39 Å². The van der Waals surface area contributed by atoms with Crippen LogP contribution in [0.15, 0.2) is 18.2 Å². The smallest absolute Gasteiger partial charge is 0.123 e. The fourth-order valence-electron chi connectivity index (χ4n) is 1.54. The molecular weight excluding hydrogens is 177 g/mol. The number of nitriles is 1. The molecule has 0 aromatic heterocycles. The summed E-state index contributed by atoms with van der Waals surface area (Å²) in [5, 5.41) is 8.48. The zero-order valence-corrected chi connectivity index (χ0v) is 8.55. The third-order valence-electron chi connectivity index (χ3n) is 2.23. The van der Waals surface area contributed by atoms with Crippen molar-refractivity contribution < 1.29 is 4.39 Å². The molecular formula is C12H14FN. The highest BCUT2D eigenvalue weighted by atomic mass is 19.1. The highest BCUT2D eigenvalue weighted by Gasteiger charge is 2.07. The van der Waals surface area contributed by atoms with Gasteiger partial charge in [-0.2, -0.15) is 5.26 Å². The molecule has 0 amide bonds. The minimum Gasteiger partial charge on any atom is -0.207 e. The Morgan fingerprint density at radius 2 is 2.14 bits per heavy atom. The van der Waals surface area contributed by atoms with Crippen LogP contribution < -0.4 is 0 Å². The van der Waals surface area contributed by atoms with E-state index in [-0.39, 0.29) is 5.82 Å². The van der Waals surface area contributed by atoms with Crippen molar-refractivity contribution in [2.45, 2.75) is 32.6 Å². The van der Waals surface area contributed by atoms with Gasteiger partial charge in [-0.05, 0) is 35.6 Å². The van der Waals surface area contributed by atoms with E-state index in [0.29, 0.717) is 18.8 Å². The number of nitrogens with zero attached hydrogens (tertiary/aromatic N) is 1. The van der Waals surface area contributed by atoms with Crippen LogP contribution in [-0.4, -0.2) is 0 Å². The summed E-state index contributed by atoms with van der Waals surface area (Å²) in [4.78, 5) is 0. The Kier molecular flexibility index (Phi) is 3.64. The summed E-state index contributed by atoms with van der Waals surface area (Å²) < 4.78 is 13.0. The molecule has 0 bridgehead atoms. The van der Waals surface area contributed by atoms with Crippen molar-refractivity contribution in [2.24, 2.45) is 0 Å². The maximum Gasteiger partial charge on any atom is 0.123 e. The third-order valence-corrected chi connectivity index (χ3v) is 2.23. The van der Waals surface area contributed by atoms with Gasteiger partial charge in [-0.3, -0.25) is 0 Å². The number of benzene rings is 1. The maximum atomic E-state index is 13.0. The Labute approximate surface area is 84.2 Å². The van der Waals surface area contributed by atoms with Gasteiger partial charge in [0.15, 0.2) is 0 Å². The summed E-state index contributed by atoms with van der Waals surface area (Å²) >= 11 is 0. The summed E-state index contributed by atoms with van der Waals surface area (Å²) in [5.41, 5.74) is 2.10. The molecule has 1 nitrogen and oxygen atoms in total. The lowest BCUT2D eigenvalue weighted by Crippen LogP contribution is -1.97. The molecule has 0 aliphatic heterocycles. The highest BCUT2D eigenvalue weighted by molar-refractivity contribution is 5.30. The predicted octanol–water partition coefficient (Wildman–Crippen LogP) is 3.41. The van der Waals surface area contributed by atoms with E-state index in [4.69, 9.17) is 5.26 Å². The Morgan fingerprint density at radius 1 is 1.43 bits per heavy atom. The van der Waals surface area contributed by atoms with E-state index in [2.05, 4.69) is 19.9 Å². The van der Waals surface area contributed by atoms with Crippen molar-refractivity contribution in [3.8, 4) is 6.07 Å². The molecule has 14 heavy (non-hydrogen) atoms. The molecule has 1 aromatic rings. The van der Waals surface area contributed by atoms with Gasteiger partial charge in [-0.1, -0.05) is 19.9 Å². The van der Waals surface area contributed by atoms with Gasteiger partial charge >= 0.3 is 0 Å². The fourth-order valence-corrected chi connectivity index (χ4v) is 1.54. The second-order valence-corrected chi connectivity index (χ2v) is 3.66. The van der Waals surface area contributed by atoms with E-state index >= 15 is 0 Å². The number of aryl methyl sites for hydroxylation is 1. The van der Waals surface area contributed by atoms with Crippen molar-refractivity contribution in [3.05, 3.63) is 35.1 Å². The number of hydrogen-bond acceptors (Lipinski definition) is 1. The molecule has 74 valence electrons. The number of rotatable bonds is 3. The van der Waals surface area contributed by atoms with Crippen LogP contribution >= 0.6 is 0 Å². The van der Waals surface area contributed by atoms with Crippen molar-refractivity contribution in [1.82, 2.24) is 0 Å². The Hall–Kier alpha value is -1.36. The lowest BCUT2D eigenvalue weighted by molar-refractivity contribution is 0.623. The van der Waals surface area contributed by atoms with Crippen LogP contribution in [0.4, 0.5) is 4.39 Å². The van der Waals surface area contributed by atoms with E-state index < -0.39 is 0 Å². The third kappa shape index (κ3) is 2.56. The SMILES string of the molecule is CC(C)c1ccc(F)cc1CCC#N. The lowest BCUT2D eigenvalue weighted by Gasteiger charge is -2.11. The van der Waals surface area contributed by atoms with E-state index in [1.807, 2.05) is 6.07 Å². The average Bonchev–Trinajstić information content (AvgIpc) is 2.14. The molecule has 0 atom stereocenters. The molecule has 0 spiro atoms. The van der Waals surface area contributed by atoms with Crippen molar-refractivity contribution in [1.29, 1.82) is 5.26 Å². The van der Waals surface area contributed by atoms with Crippen LogP contribution in [0.5, 0.6) is 0 Å². The van der Waals surface area contributed by atoms with Crippen molar-refractivity contribution in [3.63, 3.8) is 0 Å². The van der Waals surface area contributed by atoms with Gasteiger partial charge < -0.3 is 0 Å². The molecule has 0 aliphatic carbocycles. The van der Waals surface area contributed by atoms with E-state index in [0.717, 1.165) is 11.1 Å². The van der Waals surface area contributed by atoms with Crippen LogP contribution in [0, 0.1) is 17.1 Å². The first-order valence-corrected chi connectivity index (χ1v) is 4.80. The van der Waals surface area contributed by atoms with Crippen molar-refractivity contribution >= 4 is 0 Å². The van der Waals surface area contributed by atoms with Gasteiger partial charge in [0.05, 0.1) is 6.07 Å². The van der Waals surface area contributed by atoms with Crippen LogP contribution in [0.25, 0.3) is 0 Å². The molecule has 0 N–H and O–H groups in total. The van der Waals surface area contributed by atoms with Crippen molar-refractivity contribution in [2.75, 3.05) is 0 Å². The average molecular weight is 191 g/mol. The van der Waals surface area contributed by atoms with Crippen LogP contribution in [0.2, 0.25) is 0 Å². The minimum absolute atomic E-state index is 0.220. The number of halogens is 1. The molecule has 0 heterocycles. The van der Waals surface area contributed by atoms with E-state index in [1.165, 1.54) is 12.1 Å².